The summed E-state index contributed by atoms with van der Waals surface area (Å²) in [7, 11) is 0. The number of anilines is 1. The molecule has 35 heavy (non-hydrogen) atoms. The zero-order valence-electron chi connectivity index (χ0n) is 21.5. The van der Waals surface area contributed by atoms with Crippen LogP contribution in [-0.2, 0) is 14.3 Å². The maximum atomic E-state index is 13.5. The molecule has 2 saturated carbocycles. The number of aryl methyl sites for hydroxylation is 2. The summed E-state index contributed by atoms with van der Waals surface area (Å²) in [5.41, 5.74) is 3.00. The molecule has 2 heterocycles. The molecule has 1 aromatic carbocycles. The minimum atomic E-state index is -0.368. The number of ether oxygens (including phenoxy) is 1. The highest BCUT2D eigenvalue weighted by Crippen LogP contribution is 2.46. The first-order valence-electron chi connectivity index (χ1n) is 12.9. The van der Waals surface area contributed by atoms with E-state index in [1.807, 2.05) is 26.0 Å². The van der Waals surface area contributed by atoms with E-state index in [9.17, 15) is 9.59 Å². The van der Waals surface area contributed by atoms with E-state index in [1.165, 1.54) is 0 Å². The van der Waals surface area contributed by atoms with Gasteiger partial charge in [-0.3, -0.25) is 9.59 Å². The van der Waals surface area contributed by atoms with Crippen LogP contribution in [0.4, 0.5) is 5.69 Å². The highest BCUT2D eigenvalue weighted by atomic mass is 16.5. The van der Waals surface area contributed by atoms with Crippen molar-refractivity contribution in [3.63, 3.8) is 0 Å². The molecule has 2 aromatic rings. The normalized spacial score (nSPS) is 26.2. The molecule has 1 N–H and O–H groups in total. The van der Waals surface area contributed by atoms with E-state index >= 15 is 0 Å². The second-order valence-electron chi connectivity index (χ2n) is 10.9. The summed E-state index contributed by atoms with van der Waals surface area (Å²) < 4.78 is 8.28. The molecule has 8 nitrogen and oxygen atoms in total. The Kier molecular flexibility index (Phi) is 6.42. The number of aromatic nitrogens is 3. The third-order valence-electron chi connectivity index (χ3n) is 7.66. The van der Waals surface area contributed by atoms with Gasteiger partial charge in [-0.25, -0.2) is 0 Å². The van der Waals surface area contributed by atoms with Crippen molar-refractivity contribution in [3.05, 3.63) is 41.0 Å². The molecule has 0 radical (unpaired) electrons. The fourth-order valence-electron chi connectivity index (χ4n) is 5.59. The first-order chi connectivity index (χ1) is 16.7. The van der Waals surface area contributed by atoms with Gasteiger partial charge in [0, 0.05) is 37.7 Å². The Hall–Kier alpha value is -2.74. The summed E-state index contributed by atoms with van der Waals surface area (Å²) in [5.74, 6) is 1.62. The largest absolute Gasteiger partial charge is 0.376 e. The summed E-state index contributed by atoms with van der Waals surface area (Å²) in [6.45, 7) is 10.7. The minimum Gasteiger partial charge on any atom is -0.376 e. The van der Waals surface area contributed by atoms with E-state index < -0.39 is 0 Å². The summed E-state index contributed by atoms with van der Waals surface area (Å²) in [6, 6.07) is 6.41. The maximum Gasteiger partial charge on any atom is 0.230 e. The monoisotopic (exact) mass is 479 g/mol. The van der Waals surface area contributed by atoms with Crippen LogP contribution < -0.4 is 5.32 Å². The second kappa shape index (κ2) is 9.37. The fourth-order valence-corrected chi connectivity index (χ4v) is 5.59. The van der Waals surface area contributed by atoms with E-state index in [1.54, 1.807) is 11.8 Å². The van der Waals surface area contributed by atoms with Crippen molar-refractivity contribution in [1.29, 1.82) is 0 Å². The van der Waals surface area contributed by atoms with E-state index in [-0.39, 0.29) is 35.9 Å². The highest BCUT2D eigenvalue weighted by molar-refractivity contribution is 5.94. The summed E-state index contributed by atoms with van der Waals surface area (Å²) in [6.07, 6.45) is 4.65. The van der Waals surface area contributed by atoms with Gasteiger partial charge >= 0.3 is 0 Å². The van der Waals surface area contributed by atoms with Gasteiger partial charge in [0.15, 0.2) is 0 Å². The van der Waals surface area contributed by atoms with Gasteiger partial charge in [0.1, 0.15) is 11.6 Å². The molecule has 3 fully saturated rings. The number of nitrogens with one attached hydrogen (secondary N) is 1. The zero-order chi connectivity index (χ0) is 24.9. The maximum absolute atomic E-state index is 13.5. The van der Waals surface area contributed by atoms with E-state index in [0.29, 0.717) is 25.0 Å². The van der Waals surface area contributed by atoms with Gasteiger partial charge in [-0.05, 0) is 65.0 Å². The van der Waals surface area contributed by atoms with Crippen LogP contribution >= 0.6 is 0 Å². The van der Waals surface area contributed by atoms with Crippen molar-refractivity contribution in [1.82, 2.24) is 19.7 Å². The number of amides is 2. The van der Waals surface area contributed by atoms with E-state index in [0.717, 1.165) is 54.1 Å². The van der Waals surface area contributed by atoms with Crippen molar-refractivity contribution < 1.29 is 14.3 Å². The van der Waals surface area contributed by atoms with Crippen LogP contribution in [0.5, 0.6) is 0 Å². The molecule has 188 valence electrons. The van der Waals surface area contributed by atoms with Crippen molar-refractivity contribution >= 4 is 17.5 Å². The second-order valence-corrected chi connectivity index (χ2v) is 10.9. The number of benzene rings is 1. The molecular formula is C27H37N5O3. The van der Waals surface area contributed by atoms with Gasteiger partial charge in [-0.15, -0.1) is 10.2 Å². The molecule has 8 heteroatoms. The third-order valence-corrected chi connectivity index (χ3v) is 7.66. The molecular weight excluding hydrogens is 442 g/mol. The van der Waals surface area contributed by atoms with Gasteiger partial charge in [0.05, 0.1) is 24.0 Å². The van der Waals surface area contributed by atoms with Crippen LogP contribution in [0.2, 0.25) is 0 Å². The van der Waals surface area contributed by atoms with E-state index in [2.05, 4.69) is 40.0 Å². The molecule has 2 atom stereocenters. The summed E-state index contributed by atoms with van der Waals surface area (Å²) >= 11 is 0. The lowest BCUT2D eigenvalue weighted by atomic mass is 9.81. The Morgan fingerprint density at radius 1 is 1.09 bits per heavy atom. The van der Waals surface area contributed by atoms with Crippen LogP contribution in [0.1, 0.15) is 87.1 Å². The Balaban J connectivity index is 1.40. The molecule has 0 spiro atoms. The number of rotatable bonds is 7. The number of likely N-dealkylation sites (tertiary alicyclic amines) is 1. The lowest BCUT2D eigenvalue weighted by Gasteiger charge is -2.36. The number of hydrogen-bond acceptors (Lipinski definition) is 5. The molecule has 2 amide bonds. The van der Waals surface area contributed by atoms with Crippen LogP contribution in [-0.4, -0.2) is 56.8 Å². The third kappa shape index (κ3) is 4.85. The number of carbonyl (C=O) groups excluding carboxylic acids is 2. The molecule has 5 rings (SSSR count). The van der Waals surface area contributed by atoms with Crippen LogP contribution in [0, 0.1) is 19.8 Å². The highest BCUT2D eigenvalue weighted by Gasteiger charge is 2.46. The van der Waals surface area contributed by atoms with Crippen LogP contribution in [0.3, 0.4) is 0 Å². The van der Waals surface area contributed by atoms with Crippen molar-refractivity contribution in [2.75, 3.05) is 18.4 Å². The zero-order valence-corrected chi connectivity index (χ0v) is 21.5. The van der Waals surface area contributed by atoms with Crippen molar-refractivity contribution in [2.24, 2.45) is 5.92 Å². The number of nitrogens with zero attached hydrogens (tertiary/aromatic N) is 4. The molecule has 0 unspecified atom stereocenters. The smallest absolute Gasteiger partial charge is 0.230 e. The summed E-state index contributed by atoms with van der Waals surface area (Å²) in [4.78, 5) is 27.6. The van der Waals surface area contributed by atoms with Crippen molar-refractivity contribution in [3.8, 4) is 0 Å². The Morgan fingerprint density at radius 2 is 1.80 bits per heavy atom. The fraction of sp³-hybridized carbons (Fsp3) is 0.630. The predicted molar refractivity (Wildman–Crippen MR) is 133 cm³/mol. The Labute approximate surface area is 207 Å². The van der Waals surface area contributed by atoms with Gasteiger partial charge in [0.25, 0.3) is 0 Å². The Morgan fingerprint density at radius 3 is 2.43 bits per heavy atom. The van der Waals surface area contributed by atoms with Crippen molar-refractivity contribution in [2.45, 2.75) is 90.4 Å². The molecule has 3 aliphatic rings. The standard InChI is InChI=1S/C27H37N5O3/c1-15(2)35-21-11-19(12-21)25-29-30-26(32(25)20-7-8-20)22-13-31(18(5)33)14-23(22)27(34)28-24-9-6-16(3)10-17(24)4/h6,9-10,15,19-23H,7-8,11-14H2,1-5H3,(H,28,34)/t19?,21?,22-,23-/m1/s1. The van der Waals surface area contributed by atoms with Gasteiger partial charge in [-0.1, -0.05) is 17.7 Å². The topological polar surface area (TPSA) is 89.3 Å². The molecule has 0 bridgehead atoms. The quantitative estimate of drug-likeness (QED) is 0.646. The first-order valence-corrected chi connectivity index (χ1v) is 12.9. The lowest BCUT2D eigenvalue weighted by Crippen LogP contribution is -2.34. The minimum absolute atomic E-state index is 0.0119. The average molecular weight is 480 g/mol. The predicted octanol–water partition coefficient (Wildman–Crippen LogP) is 4.10. The molecule has 2 aliphatic carbocycles. The van der Waals surface area contributed by atoms with Crippen LogP contribution in [0.15, 0.2) is 18.2 Å². The summed E-state index contributed by atoms with van der Waals surface area (Å²) in [5, 5.41) is 12.4. The van der Waals surface area contributed by atoms with Gasteiger partial charge < -0.3 is 19.5 Å². The number of hydrogen-bond donors (Lipinski definition) is 1. The lowest BCUT2D eigenvalue weighted by molar-refractivity contribution is -0.128. The van der Waals surface area contributed by atoms with Gasteiger partial charge in [0.2, 0.25) is 11.8 Å². The average Bonchev–Trinajstić information content (AvgIpc) is 3.35. The molecule has 1 aromatic heterocycles. The number of carbonyl (C=O) groups is 2. The first kappa shape index (κ1) is 24.0. The van der Waals surface area contributed by atoms with E-state index in [4.69, 9.17) is 4.74 Å². The SMILES string of the molecule is CC(=O)N1C[C@@H](C(=O)Nc2ccc(C)cc2C)[C@H](c2nnc(C3CC(OC(C)C)C3)n2C2CC2)C1. The molecule has 1 saturated heterocycles. The Bertz CT molecular complexity index is 1120. The van der Waals surface area contributed by atoms with Gasteiger partial charge in [-0.2, -0.15) is 0 Å². The molecule has 1 aliphatic heterocycles. The van der Waals surface area contributed by atoms with Crippen LogP contribution in [0.25, 0.3) is 0 Å².